The highest BCUT2D eigenvalue weighted by Gasteiger charge is 2.10. The van der Waals surface area contributed by atoms with E-state index >= 15 is 0 Å². The van der Waals surface area contributed by atoms with Gasteiger partial charge >= 0.3 is 0 Å². The average Bonchev–Trinajstić information content (AvgIpc) is 2.23. The summed E-state index contributed by atoms with van der Waals surface area (Å²) in [7, 11) is 0. The number of nitrogens with one attached hydrogen (secondary N) is 1. The number of hydrogen-bond donors (Lipinski definition) is 1. The van der Waals surface area contributed by atoms with Gasteiger partial charge in [-0.2, -0.15) is 11.8 Å². The van der Waals surface area contributed by atoms with Crippen LogP contribution in [0.5, 0.6) is 0 Å². The molecule has 0 aromatic heterocycles. The van der Waals surface area contributed by atoms with E-state index in [9.17, 15) is 0 Å². The molecule has 0 spiro atoms. The van der Waals surface area contributed by atoms with Crippen molar-refractivity contribution in [1.82, 2.24) is 5.32 Å². The highest BCUT2D eigenvalue weighted by atomic mass is 32.2. The third-order valence-corrected chi connectivity index (χ3v) is 3.76. The fourth-order valence-corrected chi connectivity index (χ4v) is 2.73. The van der Waals surface area contributed by atoms with E-state index < -0.39 is 0 Å². The minimum Gasteiger partial charge on any atom is -0.316 e. The van der Waals surface area contributed by atoms with E-state index in [2.05, 4.69) is 44.8 Å². The normalized spacial score (nSPS) is 13.3. The second-order valence-electron chi connectivity index (χ2n) is 5.04. The van der Waals surface area contributed by atoms with Crippen LogP contribution in [0.2, 0.25) is 0 Å². The zero-order valence-corrected chi connectivity index (χ0v) is 12.5. The second kappa shape index (κ2) is 11.8. The Morgan fingerprint density at radius 2 is 1.94 bits per heavy atom. The fourth-order valence-electron chi connectivity index (χ4n) is 2.07. The van der Waals surface area contributed by atoms with Gasteiger partial charge in [-0.3, -0.25) is 0 Å². The van der Waals surface area contributed by atoms with Gasteiger partial charge in [0, 0.05) is 0 Å². The summed E-state index contributed by atoms with van der Waals surface area (Å²) < 4.78 is 0. The Balaban J connectivity index is 3.63. The lowest BCUT2D eigenvalue weighted by Crippen LogP contribution is -2.24. The largest absolute Gasteiger partial charge is 0.316 e. The zero-order valence-electron chi connectivity index (χ0n) is 11.7. The lowest BCUT2D eigenvalue weighted by molar-refractivity contribution is 0.365. The van der Waals surface area contributed by atoms with Crippen LogP contribution in [0.15, 0.2) is 0 Å². The molecule has 0 saturated heterocycles. The molecular weight excluding hydrogens is 214 g/mol. The first-order valence-corrected chi connectivity index (χ1v) is 8.14. The summed E-state index contributed by atoms with van der Waals surface area (Å²) >= 11 is 2.08. The van der Waals surface area contributed by atoms with Gasteiger partial charge in [-0.15, -0.1) is 0 Å². The van der Waals surface area contributed by atoms with Gasteiger partial charge in [0.25, 0.3) is 0 Å². The van der Waals surface area contributed by atoms with Crippen LogP contribution in [0.4, 0.5) is 0 Å². The standard InChI is InChI=1S/C14H31NS/c1-5-9-15-12-14(11-13(3)4)8-7-10-16-6-2/h13-15H,5-12H2,1-4H3. The van der Waals surface area contributed by atoms with Crippen molar-refractivity contribution in [1.29, 1.82) is 0 Å². The monoisotopic (exact) mass is 245 g/mol. The molecular formula is C14H31NS. The first-order valence-electron chi connectivity index (χ1n) is 6.99. The minimum atomic E-state index is 0.840. The van der Waals surface area contributed by atoms with Crippen molar-refractivity contribution in [2.75, 3.05) is 24.6 Å². The Labute approximate surface area is 107 Å². The van der Waals surface area contributed by atoms with Crippen LogP contribution < -0.4 is 5.32 Å². The first kappa shape index (κ1) is 16.3. The number of thioether (sulfide) groups is 1. The van der Waals surface area contributed by atoms with Crippen LogP contribution in [0.1, 0.15) is 53.4 Å². The van der Waals surface area contributed by atoms with Gasteiger partial charge in [-0.05, 0) is 62.1 Å². The summed E-state index contributed by atoms with van der Waals surface area (Å²) in [4.78, 5) is 0. The quantitative estimate of drug-likeness (QED) is 0.548. The van der Waals surface area contributed by atoms with Crippen LogP contribution in [-0.4, -0.2) is 24.6 Å². The van der Waals surface area contributed by atoms with Crippen molar-refractivity contribution in [3.05, 3.63) is 0 Å². The van der Waals surface area contributed by atoms with Gasteiger partial charge in [-0.1, -0.05) is 27.7 Å². The molecule has 0 aliphatic carbocycles. The highest BCUT2D eigenvalue weighted by molar-refractivity contribution is 7.99. The van der Waals surface area contributed by atoms with Gasteiger partial charge in [-0.25, -0.2) is 0 Å². The van der Waals surface area contributed by atoms with Crippen LogP contribution in [0, 0.1) is 11.8 Å². The van der Waals surface area contributed by atoms with E-state index in [1.807, 2.05) is 0 Å². The SMILES string of the molecule is CCCNCC(CCCSCC)CC(C)C. The molecule has 0 aliphatic heterocycles. The zero-order chi connectivity index (χ0) is 12.2. The van der Waals surface area contributed by atoms with E-state index in [0.29, 0.717) is 0 Å². The summed E-state index contributed by atoms with van der Waals surface area (Å²) in [5.74, 6) is 4.35. The maximum absolute atomic E-state index is 3.57. The molecule has 98 valence electrons. The molecule has 1 nitrogen and oxygen atoms in total. The van der Waals surface area contributed by atoms with Crippen LogP contribution in [-0.2, 0) is 0 Å². The molecule has 0 aromatic rings. The minimum absolute atomic E-state index is 0.840. The molecule has 16 heavy (non-hydrogen) atoms. The summed E-state index contributed by atoms with van der Waals surface area (Å²) in [6, 6.07) is 0. The lowest BCUT2D eigenvalue weighted by atomic mass is 9.93. The van der Waals surface area contributed by atoms with Crippen molar-refractivity contribution in [2.45, 2.75) is 53.4 Å². The molecule has 0 saturated carbocycles. The molecule has 0 aliphatic rings. The van der Waals surface area contributed by atoms with Crippen molar-refractivity contribution in [2.24, 2.45) is 11.8 Å². The van der Waals surface area contributed by atoms with Crippen LogP contribution in [0.25, 0.3) is 0 Å². The predicted octanol–water partition coefficient (Wildman–Crippen LogP) is 4.18. The molecule has 1 N–H and O–H groups in total. The third-order valence-electron chi connectivity index (χ3n) is 2.77. The van der Waals surface area contributed by atoms with Crippen molar-refractivity contribution >= 4 is 11.8 Å². The van der Waals surface area contributed by atoms with Gasteiger partial charge < -0.3 is 5.32 Å². The van der Waals surface area contributed by atoms with Crippen LogP contribution in [0.3, 0.4) is 0 Å². The predicted molar refractivity (Wildman–Crippen MR) is 78.3 cm³/mol. The van der Waals surface area contributed by atoms with E-state index in [0.717, 1.165) is 11.8 Å². The van der Waals surface area contributed by atoms with Crippen LogP contribution >= 0.6 is 11.8 Å². The molecule has 0 aromatic carbocycles. The summed E-state index contributed by atoms with van der Waals surface area (Å²) in [6.07, 6.45) is 5.43. The Kier molecular flexibility index (Phi) is 12.0. The molecule has 0 radical (unpaired) electrons. The molecule has 0 bridgehead atoms. The first-order chi connectivity index (χ1) is 7.70. The molecule has 0 amide bonds. The highest BCUT2D eigenvalue weighted by Crippen LogP contribution is 2.18. The number of hydrogen-bond acceptors (Lipinski definition) is 2. The van der Waals surface area contributed by atoms with E-state index in [1.54, 1.807) is 0 Å². The fraction of sp³-hybridized carbons (Fsp3) is 1.00. The van der Waals surface area contributed by atoms with Crippen molar-refractivity contribution in [3.8, 4) is 0 Å². The maximum Gasteiger partial charge on any atom is -0.00204 e. The Morgan fingerprint density at radius 3 is 2.50 bits per heavy atom. The van der Waals surface area contributed by atoms with E-state index in [1.165, 1.54) is 50.3 Å². The molecule has 0 heterocycles. The summed E-state index contributed by atoms with van der Waals surface area (Å²) in [5, 5.41) is 3.57. The number of rotatable bonds is 11. The van der Waals surface area contributed by atoms with Crippen molar-refractivity contribution in [3.63, 3.8) is 0 Å². The topological polar surface area (TPSA) is 12.0 Å². The van der Waals surface area contributed by atoms with E-state index in [-0.39, 0.29) is 0 Å². The molecule has 2 heteroatoms. The maximum atomic E-state index is 3.57. The average molecular weight is 245 g/mol. The second-order valence-corrected chi connectivity index (χ2v) is 6.43. The molecule has 0 rings (SSSR count). The van der Waals surface area contributed by atoms with Crippen molar-refractivity contribution < 1.29 is 0 Å². The Morgan fingerprint density at radius 1 is 1.19 bits per heavy atom. The van der Waals surface area contributed by atoms with Gasteiger partial charge in [0.2, 0.25) is 0 Å². The van der Waals surface area contributed by atoms with Gasteiger partial charge in [0.05, 0.1) is 0 Å². The Hall–Kier alpha value is 0.310. The molecule has 1 atom stereocenters. The lowest BCUT2D eigenvalue weighted by Gasteiger charge is -2.19. The van der Waals surface area contributed by atoms with Gasteiger partial charge in [0.15, 0.2) is 0 Å². The summed E-state index contributed by atoms with van der Waals surface area (Å²) in [6.45, 7) is 11.6. The molecule has 1 unspecified atom stereocenters. The van der Waals surface area contributed by atoms with E-state index in [4.69, 9.17) is 0 Å². The third kappa shape index (κ3) is 10.8. The van der Waals surface area contributed by atoms with Gasteiger partial charge in [0.1, 0.15) is 0 Å². The molecule has 0 fully saturated rings. The smallest absolute Gasteiger partial charge is 0.00204 e. The summed E-state index contributed by atoms with van der Waals surface area (Å²) in [5.41, 5.74) is 0. The Bertz CT molecular complexity index is 137.